The number of imidazole rings is 1. The van der Waals surface area contributed by atoms with Crippen molar-refractivity contribution in [1.82, 2.24) is 23.7 Å². The fourth-order valence-electron chi connectivity index (χ4n) is 4.47. The van der Waals surface area contributed by atoms with Crippen molar-refractivity contribution >= 4 is 44.1 Å². The molecule has 4 rings (SSSR count). The van der Waals surface area contributed by atoms with E-state index in [9.17, 15) is 13.2 Å². The van der Waals surface area contributed by atoms with E-state index in [-0.39, 0.29) is 23.1 Å². The normalized spacial score (nSPS) is 19.4. The Kier molecular flexibility index (Phi) is 6.85. The van der Waals surface area contributed by atoms with Crippen LogP contribution in [0.2, 0.25) is 4.34 Å². The summed E-state index contributed by atoms with van der Waals surface area (Å²) in [5.41, 5.74) is 0. The number of nitrogens with one attached hydrogen (secondary N) is 1. The van der Waals surface area contributed by atoms with Gasteiger partial charge in [0.15, 0.2) is 10.2 Å². The minimum Gasteiger partial charge on any atom is -0.339 e. The maximum atomic E-state index is 13.2. The third-order valence-corrected chi connectivity index (χ3v) is 8.81. The second-order valence-electron chi connectivity index (χ2n) is 8.11. The smallest absolute Gasteiger partial charge is 0.324 e. The maximum absolute atomic E-state index is 13.2. The van der Waals surface area contributed by atoms with Gasteiger partial charge in [0.2, 0.25) is 0 Å². The van der Waals surface area contributed by atoms with Gasteiger partial charge in [-0.3, -0.25) is 5.32 Å². The second kappa shape index (κ2) is 9.43. The number of anilines is 1. The zero-order valence-electron chi connectivity index (χ0n) is 17.4. The third kappa shape index (κ3) is 5.05. The first kappa shape index (κ1) is 22.5. The molecule has 0 unspecified atom stereocenters. The number of hydrogen-bond donors (Lipinski definition) is 1. The van der Waals surface area contributed by atoms with Gasteiger partial charge in [-0.1, -0.05) is 42.2 Å². The highest BCUT2D eigenvalue weighted by atomic mass is 35.5. The van der Waals surface area contributed by atoms with Gasteiger partial charge in [-0.2, -0.15) is 4.31 Å². The number of carbonyl (C=O) groups excluding carboxylic acids is 1. The van der Waals surface area contributed by atoms with Crippen LogP contribution in [0.3, 0.4) is 0 Å². The number of amides is 2. The molecular formula is C19H27ClN6O3S2. The van der Waals surface area contributed by atoms with Gasteiger partial charge in [-0.25, -0.2) is 23.2 Å². The Hall–Kier alpha value is -1.69. The summed E-state index contributed by atoms with van der Waals surface area (Å²) >= 11 is 7.18. The van der Waals surface area contributed by atoms with Gasteiger partial charge in [0.25, 0.3) is 10.0 Å². The number of thiazole rings is 1. The first-order chi connectivity index (χ1) is 14.8. The molecule has 0 spiro atoms. The summed E-state index contributed by atoms with van der Waals surface area (Å²) in [5, 5.41) is 3.44. The number of rotatable bonds is 5. The van der Waals surface area contributed by atoms with Crippen LogP contribution in [0.25, 0.3) is 0 Å². The van der Waals surface area contributed by atoms with Crippen LogP contribution < -0.4 is 5.32 Å². The number of halogens is 1. The summed E-state index contributed by atoms with van der Waals surface area (Å²) in [4.78, 5) is 23.3. The standard InChI is InChI=1S/C19H27ClN6O3S2/c1-24-12-17(22-13-24)31(28,29)25-9-7-15(8-10-25)26(14-5-3-2-4-6-14)19(27)23-18-21-11-16(20)30-18/h11-15H,2-10H2,1H3,(H,21,23,27). The molecule has 2 amide bonds. The number of nitrogens with zero attached hydrogens (tertiary/aromatic N) is 5. The van der Waals surface area contributed by atoms with Crippen LogP contribution in [-0.4, -0.2) is 63.4 Å². The fourth-order valence-corrected chi connectivity index (χ4v) is 6.71. The number of carbonyl (C=O) groups is 1. The minimum atomic E-state index is -3.62. The molecule has 1 N–H and O–H groups in total. The maximum Gasteiger partial charge on any atom is 0.324 e. The summed E-state index contributed by atoms with van der Waals surface area (Å²) in [6, 6.07) is -0.0363. The average Bonchev–Trinajstić information content (AvgIpc) is 3.38. The number of hydrogen-bond acceptors (Lipinski definition) is 6. The van der Waals surface area contributed by atoms with Gasteiger partial charge in [-0.15, -0.1) is 0 Å². The summed E-state index contributed by atoms with van der Waals surface area (Å²) in [6.45, 7) is 0.728. The number of aryl methyl sites for hydroxylation is 1. The molecule has 0 radical (unpaired) electrons. The van der Waals surface area contributed by atoms with Crippen LogP contribution in [0.5, 0.6) is 0 Å². The number of aromatic nitrogens is 3. The Morgan fingerprint density at radius 1 is 1.16 bits per heavy atom. The highest BCUT2D eigenvalue weighted by Crippen LogP contribution is 2.31. The molecule has 2 aromatic rings. The highest BCUT2D eigenvalue weighted by Gasteiger charge is 2.37. The van der Waals surface area contributed by atoms with E-state index in [0.29, 0.717) is 35.4 Å². The molecule has 1 aliphatic heterocycles. The lowest BCUT2D eigenvalue weighted by Crippen LogP contribution is -2.54. The van der Waals surface area contributed by atoms with Crippen molar-refractivity contribution in [3.8, 4) is 0 Å². The van der Waals surface area contributed by atoms with Crippen molar-refractivity contribution < 1.29 is 13.2 Å². The van der Waals surface area contributed by atoms with E-state index in [1.54, 1.807) is 11.6 Å². The van der Waals surface area contributed by atoms with Crippen molar-refractivity contribution in [2.75, 3.05) is 18.4 Å². The Morgan fingerprint density at radius 3 is 2.42 bits per heavy atom. The molecule has 0 bridgehead atoms. The van der Waals surface area contributed by atoms with Crippen LogP contribution in [-0.2, 0) is 17.1 Å². The summed E-state index contributed by atoms with van der Waals surface area (Å²) in [5.74, 6) is 0. The zero-order valence-corrected chi connectivity index (χ0v) is 19.8. The molecule has 12 heteroatoms. The molecule has 2 aliphatic rings. The molecule has 3 heterocycles. The summed E-state index contributed by atoms with van der Waals surface area (Å²) in [6.07, 6.45) is 11.0. The van der Waals surface area contributed by atoms with E-state index < -0.39 is 10.0 Å². The lowest BCUT2D eigenvalue weighted by atomic mass is 9.91. The zero-order chi connectivity index (χ0) is 22.0. The van der Waals surface area contributed by atoms with Gasteiger partial charge in [-0.05, 0) is 25.7 Å². The Labute approximate surface area is 191 Å². The third-order valence-electron chi connectivity index (χ3n) is 6.00. The molecule has 1 saturated carbocycles. The quantitative estimate of drug-likeness (QED) is 0.696. The number of piperidine rings is 1. The van der Waals surface area contributed by atoms with E-state index >= 15 is 0 Å². The van der Waals surface area contributed by atoms with Gasteiger partial charge in [0.1, 0.15) is 4.34 Å². The molecule has 1 saturated heterocycles. The summed E-state index contributed by atoms with van der Waals surface area (Å²) < 4.78 is 29.4. The van der Waals surface area contributed by atoms with Gasteiger partial charge in [0.05, 0.1) is 12.5 Å². The molecule has 1 aliphatic carbocycles. The van der Waals surface area contributed by atoms with Crippen LogP contribution >= 0.6 is 22.9 Å². The highest BCUT2D eigenvalue weighted by molar-refractivity contribution is 7.89. The molecule has 31 heavy (non-hydrogen) atoms. The molecular weight excluding hydrogens is 460 g/mol. The monoisotopic (exact) mass is 486 g/mol. The molecule has 2 fully saturated rings. The van der Waals surface area contributed by atoms with Crippen molar-refractivity contribution in [3.63, 3.8) is 0 Å². The van der Waals surface area contributed by atoms with Crippen LogP contribution in [0.15, 0.2) is 23.7 Å². The molecule has 0 aromatic carbocycles. The number of sulfonamides is 1. The SMILES string of the molecule is Cn1cnc(S(=O)(=O)N2CCC(N(C(=O)Nc3ncc(Cl)s3)C3CCCCC3)CC2)c1. The molecule has 170 valence electrons. The second-order valence-corrected chi connectivity index (χ2v) is 11.7. The molecule has 2 aromatic heterocycles. The lowest BCUT2D eigenvalue weighted by molar-refractivity contribution is 0.105. The molecule has 0 atom stereocenters. The van der Waals surface area contributed by atoms with E-state index in [0.717, 1.165) is 25.7 Å². The Balaban J connectivity index is 1.47. The predicted octanol–water partition coefficient (Wildman–Crippen LogP) is 3.55. The fraction of sp³-hybridized carbons (Fsp3) is 0.632. The largest absolute Gasteiger partial charge is 0.339 e. The number of urea groups is 1. The lowest BCUT2D eigenvalue weighted by Gasteiger charge is -2.43. The summed E-state index contributed by atoms with van der Waals surface area (Å²) in [7, 11) is -1.88. The van der Waals surface area contributed by atoms with Crippen molar-refractivity contribution in [2.45, 2.75) is 62.1 Å². The van der Waals surface area contributed by atoms with Gasteiger partial charge < -0.3 is 9.47 Å². The van der Waals surface area contributed by atoms with E-state index in [2.05, 4.69) is 15.3 Å². The van der Waals surface area contributed by atoms with Crippen LogP contribution in [0.1, 0.15) is 44.9 Å². The Bertz CT molecular complexity index is 1010. The van der Waals surface area contributed by atoms with E-state index in [1.807, 2.05) is 4.90 Å². The van der Waals surface area contributed by atoms with Gasteiger partial charge >= 0.3 is 6.03 Å². The first-order valence-corrected chi connectivity index (χ1v) is 13.2. The predicted molar refractivity (Wildman–Crippen MR) is 120 cm³/mol. The molecule has 9 nitrogen and oxygen atoms in total. The van der Waals surface area contributed by atoms with E-state index in [1.165, 1.54) is 40.8 Å². The Morgan fingerprint density at radius 2 is 1.84 bits per heavy atom. The van der Waals surface area contributed by atoms with Crippen molar-refractivity contribution in [3.05, 3.63) is 23.1 Å². The first-order valence-electron chi connectivity index (χ1n) is 10.5. The topological polar surface area (TPSA) is 100 Å². The van der Waals surface area contributed by atoms with Crippen LogP contribution in [0, 0.1) is 0 Å². The van der Waals surface area contributed by atoms with Gasteiger partial charge in [0, 0.05) is 38.4 Å². The average molecular weight is 487 g/mol. The van der Waals surface area contributed by atoms with Crippen molar-refractivity contribution in [1.29, 1.82) is 0 Å². The van der Waals surface area contributed by atoms with Crippen molar-refractivity contribution in [2.24, 2.45) is 7.05 Å². The van der Waals surface area contributed by atoms with Crippen LogP contribution in [0.4, 0.5) is 9.93 Å². The van der Waals surface area contributed by atoms with E-state index in [4.69, 9.17) is 11.6 Å². The minimum absolute atomic E-state index is 0.0197.